The average molecular weight is 425 g/mol. The van der Waals surface area contributed by atoms with Crippen LogP contribution in [0.3, 0.4) is 0 Å². The number of hydrogen-bond donors (Lipinski definition) is 1. The van der Waals surface area contributed by atoms with Crippen molar-refractivity contribution in [3.8, 4) is 0 Å². The second kappa shape index (κ2) is 9.18. The fourth-order valence-electron chi connectivity index (χ4n) is 2.39. The van der Waals surface area contributed by atoms with Crippen LogP contribution in [-0.4, -0.2) is 44.8 Å². The van der Waals surface area contributed by atoms with Crippen LogP contribution in [0.25, 0.3) is 0 Å². The number of halogens is 1. The molecule has 0 aliphatic heterocycles. The molecule has 150 valence electrons. The minimum absolute atomic E-state index is 0.000195. The fraction of sp³-hybridized carbons (Fsp3) is 0.263. The molecule has 1 N–H and O–H groups in total. The van der Waals surface area contributed by atoms with Gasteiger partial charge in [-0.15, -0.1) is 0 Å². The Hall–Kier alpha value is -2.42. The molecule has 0 aliphatic carbocycles. The van der Waals surface area contributed by atoms with Crippen LogP contribution in [0.5, 0.6) is 0 Å². The van der Waals surface area contributed by atoms with Gasteiger partial charge in [-0.1, -0.05) is 29.3 Å². The normalized spacial score (nSPS) is 11.3. The summed E-state index contributed by atoms with van der Waals surface area (Å²) in [7, 11) is -2.62. The van der Waals surface area contributed by atoms with Crippen LogP contribution in [0.2, 0.25) is 5.02 Å². The standard InChI is InChI=1S/C19H21ClN2O5S/c1-13-4-9-17(14(2)10-13)21-18(23)12-27-19(24)11-22(3)28(25,26)16-7-5-15(20)6-8-16/h4-10H,11-12H2,1-3H3,(H,21,23). The van der Waals surface area contributed by atoms with Crippen LogP contribution in [-0.2, 0) is 24.3 Å². The maximum Gasteiger partial charge on any atom is 0.321 e. The molecule has 1 amide bonds. The monoisotopic (exact) mass is 424 g/mol. The lowest BCUT2D eigenvalue weighted by Gasteiger charge is -2.16. The highest BCUT2D eigenvalue weighted by Crippen LogP contribution is 2.18. The molecule has 0 heterocycles. The summed E-state index contributed by atoms with van der Waals surface area (Å²) in [6, 6.07) is 11.1. The minimum Gasteiger partial charge on any atom is -0.455 e. The van der Waals surface area contributed by atoms with E-state index in [2.05, 4.69) is 5.32 Å². The van der Waals surface area contributed by atoms with E-state index in [0.717, 1.165) is 15.4 Å². The van der Waals surface area contributed by atoms with Crippen LogP contribution in [0.1, 0.15) is 11.1 Å². The molecule has 0 saturated carbocycles. The van der Waals surface area contributed by atoms with E-state index in [9.17, 15) is 18.0 Å². The summed E-state index contributed by atoms with van der Waals surface area (Å²) in [6.45, 7) is 2.75. The van der Waals surface area contributed by atoms with Crippen molar-refractivity contribution in [3.05, 3.63) is 58.6 Å². The second-order valence-corrected chi connectivity index (χ2v) is 8.72. The number of nitrogens with zero attached hydrogens (tertiary/aromatic N) is 1. The van der Waals surface area contributed by atoms with Crippen molar-refractivity contribution < 1.29 is 22.7 Å². The van der Waals surface area contributed by atoms with E-state index in [-0.39, 0.29) is 4.90 Å². The molecule has 0 fully saturated rings. The van der Waals surface area contributed by atoms with E-state index in [4.69, 9.17) is 16.3 Å². The number of nitrogens with one attached hydrogen (secondary N) is 1. The lowest BCUT2D eigenvalue weighted by atomic mass is 10.1. The molecule has 2 aromatic carbocycles. The van der Waals surface area contributed by atoms with Gasteiger partial charge in [0.15, 0.2) is 6.61 Å². The average Bonchev–Trinajstić information content (AvgIpc) is 2.62. The third-order valence-corrected chi connectivity index (χ3v) is 5.96. The Morgan fingerprint density at radius 3 is 2.36 bits per heavy atom. The van der Waals surface area contributed by atoms with Gasteiger partial charge >= 0.3 is 5.97 Å². The maximum absolute atomic E-state index is 12.4. The lowest BCUT2D eigenvalue weighted by Crippen LogP contribution is -2.34. The minimum atomic E-state index is -3.87. The number of rotatable bonds is 7. The maximum atomic E-state index is 12.4. The van der Waals surface area contributed by atoms with E-state index in [0.29, 0.717) is 10.7 Å². The largest absolute Gasteiger partial charge is 0.455 e. The SMILES string of the molecule is Cc1ccc(NC(=O)COC(=O)CN(C)S(=O)(=O)c2ccc(Cl)cc2)c(C)c1. The molecule has 0 unspecified atom stereocenters. The number of benzene rings is 2. The summed E-state index contributed by atoms with van der Waals surface area (Å²) < 4.78 is 30.6. The van der Waals surface area contributed by atoms with Crippen molar-refractivity contribution in [2.45, 2.75) is 18.7 Å². The third-order valence-electron chi connectivity index (χ3n) is 3.89. The molecule has 0 atom stereocenters. The van der Waals surface area contributed by atoms with E-state index in [1.165, 1.54) is 31.3 Å². The third kappa shape index (κ3) is 5.79. The summed E-state index contributed by atoms with van der Waals surface area (Å²) in [5.74, 6) is -1.35. The first-order chi connectivity index (χ1) is 13.1. The molecule has 2 rings (SSSR count). The number of aryl methyl sites for hydroxylation is 2. The molecule has 0 aliphatic rings. The van der Waals surface area contributed by atoms with E-state index in [1.807, 2.05) is 26.0 Å². The quantitative estimate of drug-likeness (QED) is 0.690. The van der Waals surface area contributed by atoms with Gasteiger partial charge < -0.3 is 10.1 Å². The van der Waals surface area contributed by atoms with Crippen molar-refractivity contribution in [2.24, 2.45) is 0 Å². The predicted molar refractivity (Wildman–Crippen MR) is 107 cm³/mol. The van der Waals surface area contributed by atoms with Gasteiger partial charge in [0.25, 0.3) is 5.91 Å². The van der Waals surface area contributed by atoms with Crippen LogP contribution in [0, 0.1) is 13.8 Å². The summed E-state index contributed by atoms with van der Waals surface area (Å²) in [5, 5.41) is 3.05. The van der Waals surface area contributed by atoms with E-state index >= 15 is 0 Å². The smallest absolute Gasteiger partial charge is 0.321 e. The van der Waals surface area contributed by atoms with Crippen LogP contribution < -0.4 is 5.32 Å². The number of anilines is 1. The van der Waals surface area contributed by atoms with Crippen LogP contribution >= 0.6 is 11.6 Å². The lowest BCUT2D eigenvalue weighted by molar-refractivity contribution is -0.147. The topological polar surface area (TPSA) is 92.8 Å². The number of ether oxygens (including phenoxy) is 1. The first-order valence-corrected chi connectivity index (χ1v) is 10.2. The molecule has 28 heavy (non-hydrogen) atoms. The Bertz CT molecular complexity index is 974. The van der Waals surface area contributed by atoms with Crippen LogP contribution in [0.15, 0.2) is 47.4 Å². The van der Waals surface area contributed by atoms with E-state index in [1.54, 1.807) is 6.07 Å². The Morgan fingerprint density at radius 1 is 1.11 bits per heavy atom. The Kier molecular flexibility index (Phi) is 7.17. The number of esters is 1. The molecule has 0 bridgehead atoms. The van der Waals surface area contributed by atoms with Gasteiger partial charge in [0.1, 0.15) is 6.54 Å². The van der Waals surface area contributed by atoms with Gasteiger partial charge in [0, 0.05) is 17.8 Å². The molecule has 0 spiro atoms. The summed E-state index contributed by atoms with van der Waals surface area (Å²) >= 11 is 5.75. The highest BCUT2D eigenvalue weighted by molar-refractivity contribution is 7.89. The zero-order chi connectivity index (χ0) is 20.9. The van der Waals surface area contributed by atoms with Gasteiger partial charge in [-0.2, -0.15) is 4.31 Å². The highest BCUT2D eigenvalue weighted by atomic mass is 35.5. The van der Waals surface area contributed by atoms with Gasteiger partial charge in [-0.25, -0.2) is 8.42 Å². The number of amides is 1. The zero-order valence-corrected chi connectivity index (χ0v) is 17.3. The number of sulfonamides is 1. The van der Waals surface area contributed by atoms with Crippen LogP contribution in [0.4, 0.5) is 5.69 Å². The van der Waals surface area contributed by atoms with Gasteiger partial charge in [-0.05, 0) is 49.7 Å². The Labute approximate surface area is 169 Å². The molecule has 7 nitrogen and oxygen atoms in total. The predicted octanol–water partition coefficient (Wildman–Crippen LogP) is 2.76. The number of carbonyl (C=O) groups is 2. The fourth-order valence-corrected chi connectivity index (χ4v) is 3.63. The number of hydrogen-bond acceptors (Lipinski definition) is 5. The Balaban J connectivity index is 1.89. The molecule has 0 saturated heterocycles. The number of carbonyl (C=O) groups excluding carboxylic acids is 2. The van der Waals surface area contributed by atoms with Crippen molar-refractivity contribution in [1.82, 2.24) is 4.31 Å². The molecular formula is C19H21ClN2O5S. The molecule has 0 aromatic heterocycles. The van der Waals surface area contributed by atoms with Crippen molar-refractivity contribution in [1.29, 1.82) is 0 Å². The Morgan fingerprint density at radius 2 is 1.75 bits per heavy atom. The zero-order valence-electron chi connectivity index (χ0n) is 15.7. The van der Waals surface area contributed by atoms with Crippen molar-refractivity contribution in [3.63, 3.8) is 0 Å². The molecule has 0 radical (unpaired) electrons. The first-order valence-electron chi connectivity index (χ1n) is 8.34. The molecule has 2 aromatic rings. The summed E-state index contributed by atoms with van der Waals surface area (Å²) in [5.41, 5.74) is 2.56. The van der Waals surface area contributed by atoms with Crippen molar-refractivity contribution in [2.75, 3.05) is 25.5 Å². The number of likely N-dealkylation sites (N-methyl/N-ethyl adjacent to an activating group) is 1. The summed E-state index contributed by atoms with van der Waals surface area (Å²) in [6.07, 6.45) is 0. The van der Waals surface area contributed by atoms with E-state index < -0.39 is 35.1 Å². The van der Waals surface area contributed by atoms with Crippen molar-refractivity contribution >= 4 is 39.2 Å². The van der Waals surface area contributed by atoms with Gasteiger partial charge in [-0.3, -0.25) is 9.59 Å². The molecular weight excluding hydrogens is 404 g/mol. The van der Waals surface area contributed by atoms with Gasteiger partial charge in [0.05, 0.1) is 4.90 Å². The highest BCUT2D eigenvalue weighted by Gasteiger charge is 2.23. The second-order valence-electron chi connectivity index (χ2n) is 6.24. The summed E-state index contributed by atoms with van der Waals surface area (Å²) in [4.78, 5) is 23.9. The molecule has 9 heteroatoms. The van der Waals surface area contributed by atoms with Gasteiger partial charge in [0.2, 0.25) is 10.0 Å². The first kappa shape index (κ1) is 21.9.